The van der Waals surface area contributed by atoms with Gasteiger partial charge in [0, 0.05) is 11.5 Å². The molecule has 2 aromatic rings. The second-order valence-electron chi connectivity index (χ2n) is 7.34. The van der Waals surface area contributed by atoms with Crippen LogP contribution in [-0.2, 0) is 11.3 Å². The number of imide groups is 1. The number of hydrogen-bond acceptors (Lipinski definition) is 4. The Morgan fingerprint density at radius 2 is 1.92 bits per heavy atom. The summed E-state index contributed by atoms with van der Waals surface area (Å²) in [6.07, 6.45) is 0.560. The monoisotopic (exact) mass is 342 g/mol. The van der Waals surface area contributed by atoms with Gasteiger partial charge in [-0.25, -0.2) is 9.59 Å². The molecule has 1 aliphatic heterocycles. The second-order valence-corrected chi connectivity index (χ2v) is 7.34. The molecule has 3 rings (SSSR count). The molecule has 1 N–H and O–H groups in total. The molecule has 0 unspecified atom stereocenters. The summed E-state index contributed by atoms with van der Waals surface area (Å²) in [7, 11) is 0. The number of benzene rings is 1. The number of aryl methyl sites for hydroxylation is 1. The number of fused-ring (bicyclic) bond motifs is 1. The van der Waals surface area contributed by atoms with Gasteiger partial charge in [-0.15, -0.1) is 0 Å². The van der Waals surface area contributed by atoms with E-state index in [1.165, 1.54) is 11.0 Å². The fraction of sp³-hybridized carbons (Fsp3) is 0.421. The van der Waals surface area contributed by atoms with Crippen molar-refractivity contribution in [1.29, 1.82) is 0 Å². The van der Waals surface area contributed by atoms with Gasteiger partial charge in [0.25, 0.3) is 5.91 Å². The summed E-state index contributed by atoms with van der Waals surface area (Å²) < 4.78 is 5.24. The molecule has 1 fully saturated rings. The predicted octanol–water partition coefficient (Wildman–Crippen LogP) is 2.96. The van der Waals surface area contributed by atoms with Crippen molar-refractivity contribution >= 4 is 22.9 Å². The highest BCUT2D eigenvalue weighted by Crippen LogP contribution is 2.27. The van der Waals surface area contributed by atoms with Crippen molar-refractivity contribution in [3.63, 3.8) is 0 Å². The van der Waals surface area contributed by atoms with E-state index in [-0.39, 0.29) is 18.4 Å². The topological polar surface area (TPSA) is 79.6 Å². The average Bonchev–Trinajstić information content (AvgIpc) is 2.68. The lowest BCUT2D eigenvalue weighted by Crippen LogP contribution is -2.44. The van der Waals surface area contributed by atoms with Crippen LogP contribution in [0.4, 0.5) is 4.79 Å². The number of nitrogens with zero attached hydrogens (tertiary/aromatic N) is 1. The molecule has 132 valence electrons. The van der Waals surface area contributed by atoms with Gasteiger partial charge < -0.3 is 9.73 Å². The van der Waals surface area contributed by atoms with Crippen LogP contribution in [0.3, 0.4) is 0 Å². The summed E-state index contributed by atoms with van der Waals surface area (Å²) in [6, 6.07) is 6.43. The molecular formula is C19H22N2O4. The Bertz CT molecular complexity index is 915. The van der Waals surface area contributed by atoms with E-state index in [0.717, 1.165) is 10.9 Å². The SMILES string of the molecule is Cc1ccc2c(CN3C(=O)N[C@](C)(CC(C)C)C3=O)cc(=O)oc2c1. The first-order valence-electron chi connectivity index (χ1n) is 8.37. The predicted molar refractivity (Wildman–Crippen MR) is 94.2 cm³/mol. The van der Waals surface area contributed by atoms with Crippen LogP contribution < -0.4 is 10.9 Å². The Hall–Kier alpha value is -2.63. The summed E-state index contributed by atoms with van der Waals surface area (Å²) in [4.78, 5) is 38.2. The van der Waals surface area contributed by atoms with E-state index in [1.54, 1.807) is 13.0 Å². The highest BCUT2D eigenvalue weighted by molar-refractivity contribution is 6.06. The largest absolute Gasteiger partial charge is 0.423 e. The molecule has 0 spiro atoms. The Balaban J connectivity index is 1.98. The normalized spacial score (nSPS) is 20.6. The molecule has 2 heterocycles. The molecule has 0 saturated carbocycles. The van der Waals surface area contributed by atoms with Crippen LogP contribution in [0.2, 0.25) is 0 Å². The second kappa shape index (κ2) is 6.02. The molecule has 1 aromatic carbocycles. The third-order valence-corrected chi connectivity index (χ3v) is 4.48. The molecule has 3 amide bonds. The van der Waals surface area contributed by atoms with Crippen LogP contribution in [-0.4, -0.2) is 22.4 Å². The molecule has 25 heavy (non-hydrogen) atoms. The molecule has 6 nitrogen and oxygen atoms in total. The molecule has 6 heteroatoms. The fourth-order valence-corrected chi connectivity index (χ4v) is 3.48. The van der Waals surface area contributed by atoms with E-state index in [9.17, 15) is 14.4 Å². The third kappa shape index (κ3) is 3.16. The zero-order valence-corrected chi connectivity index (χ0v) is 14.9. The Kier molecular flexibility index (Phi) is 4.14. The van der Waals surface area contributed by atoms with Crippen molar-refractivity contribution in [3.05, 3.63) is 45.8 Å². The molecule has 0 aliphatic carbocycles. The Morgan fingerprint density at radius 3 is 2.60 bits per heavy atom. The lowest BCUT2D eigenvalue weighted by molar-refractivity contribution is -0.131. The van der Waals surface area contributed by atoms with Crippen LogP contribution in [0, 0.1) is 12.8 Å². The third-order valence-electron chi connectivity index (χ3n) is 4.48. The van der Waals surface area contributed by atoms with Gasteiger partial charge in [-0.3, -0.25) is 9.69 Å². The zero-order chi connectivity index (χ0) is 18.4. The first-order valence-corrected chi connectivity index (χ1v) is 8.37. The summed E-state index contributed by atoms with van der Waals surface area (Å²) in [6.45, 7) is 7.70. The Morgan fingerprint density at radius 1 is 1.20 bits per heavy atom. The lowest BCUT2D eigenvalue weighted by Gasteiger charge is -2.23. The van der Waals surface area contributed by atoms with Crippen LogP contribution in [0.15, 0.2) is 33.5 Å². The molecule has 1 atom stereocenters. The van der Waals surface area contributed by atoms with Gasteiger partial charge >= 0.3 is 11.7 Å². The van der Waals surface area contributed by atoms with E-state index < -0.39 is 17.2 Å². The van der Waals surface area contributed by atoms with E-state index in [1.807, 2.05) is 32.9 Å². The van der Waals surface area contributed by atoms with Crippen LogP contribution in [0.1, 0.15) is 38.3 Å². The summed E-state index contributed by atoms with van der Waals surface area (Å²) >= 11 is 0. The van der Waals surface area contributed by atoms with E-state index >= 15 is 0 Å². The molecule has 0 bridgehead atoms. The highest BCUT2D eigenvalue weighted by Gasteiger charge is 2.47. The minimum Gasteiger partial charge on any atom is -0.423 e. The summed E-state index contributed by atoms with van der Waals surface area (Å²) in [5, 5.41) is 3.51. The maximum Gasteiger partial charge on any atom is 0.336 e. The number of nitrogens with one attached hydrogen (secondary N) is 1. The average molecular weight is 342 g/mol. The van der Waals surface area contributed by atoms with Gasteiger partial charge in [0.05, 0.1) is 6.54 Å². The first-order chi connectivity index (χ1) is 11.7. The summed E-state index contributed by atoms with van der Waals surface area (Å²) in [5.41, 5.74) is 0.623. The van der Waals surface area contributed by atoms with Gasteiger partial charge in [-0.05, 0) is 43.4 Å². The molecular weight excluding hydrogens is 320 g/mol. The van der Waals surface area contributed by atoms with Crippen LogP contribution in [0.25, 0.3) is 11.0 Å². The van der Waals surface area contributed by atoms with Crippen LogP contribution >= 0.6 is 0 Å². The number of carbonyl (C=O) groups is 2. The molecule has 1 aliphatic rings. The van der Waals surface area contributed by atoms with E-state index in [4.69, 9.17) is 4.42 Å². The van der Waals surface area contributed by atoms with Gasteiger partial charge in [-0.2, -0.15) is 0 Å². The van der Waals surface area contributed by atoms with Crippen molar-refractivity contribution < 1.29 is 14.0 Å². The lowest BCUT2D eigenvalue weighted by atomic mass is 9.91. The zero-order valence-electron chi connectivity index (χ0n) is 14.9. The smallest absolute Gasteiger partial charge is 0.336 e. The quantitative estimate of drug-likeness (QED) is 0.684. The molecule has 0 radical (unpaired) electrons. The number of urea groups is 1. The number of rotatable bonds is 4. The maximum atomic E-state index is 12.8. The first kappa shape index (κ1) is 17.2. The minimum absolute atomic E-state index is 0.0452. The Labute approximate surface area is 145 Å². The van der Waals surface area contributed by atoms with Crippen molar-refractivity contribution in [3.8, 4) is 0 Å². The molecule has 1 saturated heterocycles. The van der Waals surface area contributed by atoms with Crippen molar-refractivity contribution in [2.24, 2.45) is 5.92 Å². The van der Waals surface area contributed by atoms with Gasteiger partial charge in [-0.1, -0.05) is 26.0 Å². The highest BCUT2D eigenvalue weighted by atomic mass is 16.4. The summed E-state index contributed by atoms with van der Waals surface area (Å²) in [5.74, 6) is 0.00137. The van der Waals surface area contributed by atoms with Crippen molar-refractivity contribution in [2.75, 3.05) is 0 Å². The van der Waals surface area contributed by atoms with Crippen molar-refractivity contribution in [2.45, 2.75) is 46.2 Å². The van der Waals surface area contributed by atoms with Gasteiger partial charge in [0.15, 0.2) is 0 Å². The van der Waals surface area contributed by atoms with Gasteiger partial charge in [0.1, 0.15) is 11.1 Å². The standard InChI is InChI=1S/C19H22N2O4/c1-11(2)9-19(4)17(23)21(18(24)20-19)10-13-8-16(22)25-15-7-12(3)5-6-14(13)15/h5-8,11H,9-10H2,1-4H3,(H,20,24)/t19-/m1/s1. The number of amides is 3. The fourth-order valence-electron chi connectivity index (χ4n) is 3.48. The number of carbonyl (C=O) groups excluding carboxylic acids is 2. The van der Waals surface area contributed by atoms with E-state index in [2.05, 4.69) is 5.32 Å². The van der Waals surface area contributed by atoms with E-state index in [0.29, 0.717) is 17.6 Å². The van der Waals surface area contributed by atoms with Crippen LogP contribution in [0.5, 0.6) is 0 Å². The molecule has 1 aromatic heterocycles. The minimum atomic E-state index is -0.906. The number of hydrogen-bond donors (Lipinski definition) is 1. The van der Waals surface area contributed by atoms with Crippen molar-refractivity contribution in [1.82, 2.24) is 10.2 Å². The maximum absolute atomic E-state index is 12.8. The van der Waals surface area contributed by atoms with Gasteiger partial charge in [0.2, 0.25) is 0 Å².